The minimum atomic E-state index is -0.126. The lowest BCUT2D eigenvalue weighted by Crippen LogP contribution is -2.55. The smallest absolute Gasteiger partial charge is 0.258 e. The fourth-order valence-electron chi connectivity index (χ4n) is 4.25. The predicted octanol–water partition coefficient (Wildman–Crippen LogP) is 2.27. The van der Waals surface area contributed by atoms with Gasteiger partial charge in [-0.15, -0.1) is 0 Å². The van der Waals surface area contributed by atoms with E-state index in [1.165, 1.54) is 0 Å². The minimum Gasteiger partial charge on any atom is -0.497 e. The first-order chi connectivity index (χ1) is 12.6. The Labute approximate surface area is 154 Å². The highest BCUT2D eigenvalue weighted by Gasteiger charge is 2.40. The van der Waals surface area contributed by atoms with Crippen molar-refractivity contribution < 1.29 is 19.1 Å². The average molecular weight is 360 g/mol. The molecule has 6 nitrogen and oxygen atoms in total. The SMILES string of the molecule is CCC1CC(=O)NC2CC(NC(=O)COc3ccc(OC)cc3)CCC12. The van der Waals surface area contributed by atoms with Crippen LogP contribution in [0.25, 0.3) is 0 Å². The number of carbonyl (C=O) groups is 2. The fraction of sp³-hybridized carbons (Fsp3) is 0.600. The van der Waals surface area contributed by atoms with Crippen molar-refractivity contribution in [2.75, 3.05) is 13.7 Å². The van der Waals surface area contributed by atoms with E-state index in [4.69, 9.17) is 9.47 Å². The molecular weight excluding hydrogens is 332 g/mol. The van der Waals surface area contributed by atoms with Gasteiger partial charge in [-0.2, -0.15) is 0 Å². The molecule has 0 aromatic heterocycles. The zero-order valence-electron chi connectivity index (χ0n) is 15.5. The van der Waals surface area contributed by atoms with Gasteiger partial charge in [0.1, 0.15) is 11.5 Å². The Morgan fingerprint density at radius 3 is 2.65 bits per heavy atom. The number of amides is 2. The maximum absolute atomic E-state index is 12.2. The van der Waals surface area contributed by atoms with Crippen molar-refractivity contribution in [1.82, 2.24) is 10.6 Å². The van der Waals surface area contributed by atoms with Gasteiger partial charge in [-0.05, 0) is 55.4 Å². The molecule has 0 spiro atoms. The van der Waals surface area contributed by atoms with E-state index < -0.39 is 0 Å². The lowest BCUT2D eigenvalue weighted by molar-refractivity contribution is -0.127. The van der Waals surface area contributed by atoms with Crippen LogP contribution in [0, 0.1) is 11.8 Å². The Bertz CT molecular complexity index is 631. The van der Waals surface area contributed by atoms with Gasteiger partial charge in [0, 0.05) is 18.5 Å². The van der Waals surface area contributed by atoms with Gasteiger partial charge in [0.15, 0.2) is 6.61 Å². The van der Waals surface area contributed by atoms with E-state index in [1.54, 1.807) is 31.4 Å². The van der Waals surface area contributed by atoms with Crippen LogP contribution in [0.2, 0.25) is 0 Å². The third kappa shape index (κ3) is 4.48. The van der Waals surface area contributed by atoms with Crippen LogP contribution in [0.4, 0.5) is 0 Å². The number of ether oxygens (including phenoxy) is 2. The summed E-state index contributed by atoms with van der Waals surface area (Å²) < 4.78 is 10.6. The van der Waals surface area contributed by atoms with Crippen LogP contribution in [0.5, 0.6) is 11.5 Å². The second-order valence-corrected chi connectivity index (χ2v) is 7.25. The third-order valence-corrected chi connectivity index (χ3v) is 5.62. The molecule has 1 aliphatic heterocycles. The van der Waals surface area contributed by atoms with E-state index in [0.717, 1.165) is 31.4 Å². The number of carbonyl (C=O) groups excluding carboxylic acids is 2. The van der Waals surface area contributed by atoms with Gasteiger partial charge >= 0.3 is 0 Å². The molecule has 0 bridgehead atoms. The Morgan fingerprint density at radius 1 is 1.23 bits per heavy atom. The van der Waals surface area contributed by atoms with Gasteiger partial charge in [-0.3, -0.25) is 9.59 Å². The van der Waals surface area contributed by atoms with Crippen LogP contribution in [-0.2, 0) is 9.59 Å². The molecule has 142 valence electrons. The summed E-state index contributed by atoms with van der Waals surface area (Å²) in [6, 6.07) is 7.43. The lowest BCUT2D eigenvalue weighted by Gasteiger charge is -2.44. The molecule has 4 unspecified atom stereocenters. The van der Waals surface area contributed by atoms with Crippen LogP contribution in [0.3, 0.4) is 0 Å². The van der Waals surface area contributed by atoms with Gasteiger partial charge in [-0.25, -0.2) is 0 Å². The summed E-state index contributed by atoms with van der Waals surface area (Å²) >= 11 is 0. The second kappa shape index (κ2) is 8.43. The van der Waals surface area contributed by atoms with Crippen molar-refractivity contribution in [3.63, 3.8) is 0 Å². The average Bonchev–Trinajstić information content (AvgIpc) is 2.65. The van der Waals surface area contributed by atoms with Gasteiger partial charge < -0.3 is 20.1 Å². The molecule has 2 aliphatic rings. The van der Waals surface area contributed by atoms with Gasteiger partial charge in [0.25, 0.3) is 5.91 Å². The van der Waals surface area contributed by atoms with E-state index >= 15 is 0 Å². The number of hydrogen-bond acceptors (Lipinski definition) is 4. The molecule has 3 rings (SSSR count). The number of methoxy groups -OCH3 is 1. The van der Waals surface area contributed by atoms with E-state index in [-0.39, 0.29) is 30.5 Å². The Morgan fingerprint density at radius 2 is 1.96 bits per heavy atom. The number of piperidine rings is 1. The first-order valence-electron chi connectivity index (χ1n) is 9.44. The van der Waals surface area contributed by atoms with E-state index in [0.29, 0.717) is 24.0 Å². The molecule has 1 aromatic carbocycles. The van der Waals surface area contributed by atoms with Crippen LogP contribution >= 0.6 is 0 Å². The summed E-state index contributed by atoms with van der Waals surface area (Å²) in [4.78, 5) is 24.1. The molecule has 1 saturated carbocycles. The molecule has 1 saturated heterocycles. The van der Waals surface area contributed by atoms with E-state index in [1.807, 2.05) is 0 Å². The number of fused-ring (bicyclic) bond motifs is 1. The Kier molecular flexibility index (Phi) is 6.01. The zero-order chi connectivity index (χ0) is 18.5. The number of rotatable bonds is 6. The molecule has 1 aromatic rings. The largest absolute Gasteiger partial charge is 0.497 e. The van der Waals surface area contributed by atoms with Crippen molar-refractivity contribution in [1.29, 1.82) is 0 Å². The molecule has 0 radical (unpaired) electrons. The number of nitrogens with one attached hydrogen (secondary N) is 2. The quantitative estimate of drug-likeness (QED) is 0.816. The molecular formula is C20H28N2O4. The topological polar surface area (TPSA) is 76.7 Å². The number of benzene rings is 1. The molecule has 1 aliphatic carbocycles. The maximum atomic E-state index is 12.2. The van der Waals surface area contributed by atoms with Crippen molar-refractivity contribution in [2.24, 2.45) is 11.8 Å². The van der Waals surface area contributed by atoms with Crippen molar-refractivity contribution in [3.05, 3.63) is 24.3 Å². The van der Waals surface area contributed by atoms with Crippen molar-refractivity contribution in [2.45, 2.75) is 51.1 Å². The van der Waals surface area contributed by atoms with Gasteiger partial charge in [0.2, 0.25) is 5.91 Å². The molecule has 4 atom stereocenters. The second-order valence-electron chi connectivity index (χ2n) is 7.25. The summed E-state index contributed by atoms with van der Waals surface area (Å²) in [5.41, 5.74) is 0. The highest BCUT2D eigenvalue weighted by Crippen LogP contribution is 2.36. The first kappa shape index (κ1) is 18.5. The zero-order valence-corrected chi connectivity index (χ0v) is 15.5. The molecule has 26 heavy (non-hydrogen) atoms. The Hall–Kier alpha value is -2.24. The molecule has 2 N–H and O–H groups in total. The molecule has 6 heteroatoms. The summed E-state index contributed by atoms with van der Waals surface area (Å²) in [6.07, 6.45) is 4.50. The highest BCUT2D eigenvalue weighted by molar-refractivity contribution is 5.78. The monoisotopic (exact) mass is 360 g/mol. The molecule has 1 heterocycles. The fourth-order valence-corrected chi connectivity index (χ4v) is 4.25. The summed E-state index contributed by atoms with van der Waals surface area (Å²) in [6.45, 7) is 2.14. The molecule has 2 fully saturated rings. The van der Waals surface area contributed by atoms with Crippen LogP contribution < -0.4 is 20.1 Å². The minimum absolute atomic E-state index is 0.0130. The van der Waals surface area contributed by atoms with Crippen molar-refractivity contribution >= 4 is 11.8 Å². The van der Waals surface area contributed by atoms with Crippen LogP contribution in [0.15, 0.2) is 24.3 Å². The van der Waals surface area contributed by atoms with E-state index in [9.17, 15) is 9.59 Å². The third-order valence-electron chi connectivity index (χ3n) is 5.62. The first-order valence-corrected chi connectivity index (χ1v) is 9.44. The summed E-state index contributed by atoms with van der Waals surface area (Å²) in [5, 5.41) is 6.17. The summed E-state index contributed by atoms with van der Waals surface area (Å²) in [7, 11) is 1.61. The van der Waals surface area contributed by atoms with Gasteiger partial charge in [0.05, 0.1) is 7.11 Å². The highest BCUT2D eigenvalue weighted by atomic mass is 16.5. The normalized spacial score (nSPS) is 27.8. The van der Waals surface area contributed by atoms with E-state index in [2.05, 4.69) is 17.6 Å². The lowest BCUT2D eigenvalue weighted by atomic mass is 9.70. The summed E-state index contributed by atoms with van der Waals surface area (Å²) in [5.74, 6) is 2.42. The standard InChI is InChI=1S/C20H28N2O4/c1-3-13-10-19(23)22-18-11-14(4-9-17(13)18)21-20(24)12-26-16-7-5-15(25-2)6-8-16/h5-8,13-14,17-18H,3-4,9-12H2,1-2H3,(H,21,24)(H,22,23). The van der Waals surface area contributed by atoms with Crippen molar-refractivity contribution in [3.8, 4) is 11.5 Å². The van der Waals surface area contributed by atoms with Crippen LogP contribution in [-0.4, -0.2) is 37.6 Å². The Balaban J connectivity index is 1.46. The maximum Gasteiger partial charge on any atom is 0.258 e. The molecule has 2 amide bonds. The van der Waals surface area contributed by atoms with Gasteiger partial charge in [-0.1, -0.05) is 13.3 Å². The van der Waals surface area contributed by atoms with Crippen LogP contribution in [0.1, 0.15) is 39.0 Å². The number of hydrogen-bond donors (Lipinski definition) is 2. The predicted molar refractivity (Wildman–Crippen MR) is 98.1 cm³/mol.